The van der Waals surface area contributed by atoms with Crippen LogP contribution in [0.1, 0.15) is 60.3 Å². The van der Waals surface area contributed by atoms with Gasteiger partial charge in [0, 0.05) is 19.3 Å². The highest BCUT2D eigenvalue weighted by molar-refractivity contribution is 5.66. The number of fused-ring (bicyclic) bond motifs is 1. The fraction of sp³-hybridized carbons (Fsp3) is 0.789. The zero-order valence-electron chi connectivity index (χ0n) is 15.4. The summed E-state index contributed by atoms with van der Waals surface area (Å²) >= 11 is 0. The van der Waals surface area contributed by atoms with E-state index in [-0.39, 0.29) is 35.3 Å². The molecule has 0 aromatic carbocycles. The van der Waals surface area contributed by atoms with E-state index in [1.807, 2.05) is 13.8 Å². The lowest BCUT2D eigenvalue weighted by Crippen LogP contribution is -2.58. The first-order chi connectivity index (χ1) is 11.0. The van der Waals surface area contributed by atoms with Gasteiger partial charge in [0.15, 0.2) is 0 Å². The van der Waals surface area contributed by atoms with Gasteiger partial charge >= 0.3 is 11.9 Å². The molecule has 136 valence electrons. The van der Waals surface area contributed by atoms with Crippen molar-refractivity contribution < 1.29 is 24.2 Å². The third kappa shape index (κ3) is 4.00. The minimum absolute atomic E-state index is 0.121. The zero-order valence-corrected chi connectivity index (χ0v) is 15.4. The van der Waals surface area contributed by atoms with Gasteiger partial charge in [0.2, 0.25) is 0 Å². The highest BCUT2D eigenvalue weighted by Crippen LogP contribution is 2.58. The van der Waals surface area contributed by atoms with Crippen molar-refractivity contribution in [3.63, 3.8) is 0 Å². The number of hydrogen-bond acceptors (Lipinski definition) is 5. The van der Waals surface area contributed by atoms with Gasteiger partial charge in [-0.15, -0.1) is 0 Å². The predicted molar refractivity (Wildman–Crippen MR) is 90.1 cm³/mol. The molecule has 1 N–H and O–H groups in total. The van der Waals surface area contributed by atoms with E-state index in [9.17, 15) is 14.7 Å². The van der Waals surface area contributed by atoms with Crippen molar-refractivity contribution in [1.29, 1.82) is 0 Å². The second-order valence-electron chi connectivity index (χ2n) is 8.03. The van der Waals surface area contributed by atoms with Crippen LogP contribution in [0.15, 0.2) is 11.6 Å². The molecule has 0 spiro atoms. The first-order valence-corrected chi connectivity index (χ1v) is 8.75. The molecule has 0 unspecified atom stereocenters. The van der Waals surface area contributed by atoms with Gasteiger partial charge < -0.3 is 14.6 Å². The Hall–Kier alpha value is -1.36. The standard InChI is InChI=1S/C19H30O5/c1-12-7-6-8-19(5,22)16-10-18(4,11-23-13(2)20)15(16)9-17(12)24-14(3)21/h7,15-17,22H,6,8-11H2,1-5H3/b12-7-/t15-,16+,17+,18-,19-/m1/s1. The monoisotopic (exact) mass is 338 g/mol. The molecule has 5 atom stereocenters. The Kier molecular flexibility index (Phi) is 5.43. The summed E-state index contributed by atoms with van der Waals surface area (Å²) in [6.45, 7) is 9.14. The summed E-state index contributed by atoms with van der Waals surface area (Å²) in [5.74, 6) is -0.327. The van der Waals surface area contributed by atoms with E-state index in [1.54, 1.807) is 0 Å². The van der Waals surface area contributed by atoms with Crippen LogP contribution in [0.4, 0.5) is 0 Å². The van der Waals surface area contributed by atoms with E-state index in [2.05, 4.69) is 13.0 Å². The number of allylic oxidation sites excluding steroid dienone is 1. The van der Waals surface area contributed by atoms with Gasteiger partial charge in [0.1, 0.15) is 6.10 Å². The van der Waals surface area contributed by atoms with Crippen molar-refractivity contribution in [3.05, 3.63) is 11.6 Å². The molecular formula is C19H30O5. The van der Waals surface area contributed by atoms with Gasteiger partial charge in [0.05, 0.1) is 12.2 Å². The fourth-order valence-corrected chi connectivity index (χ4v) is 4.32. The van der Waals surface area contributed by atoms with Crippen LogP contribution in [0.25, 0.3) is 0 Å². The Labute approximate surface area is 144 Å². The summed E-state index contributed by atoms with van der Waals surface area (Å²) in [6, 6.07) is 0. The molecule has 5 heteroatoms. The maximum absolute atomic E-state index is 11.5. The number of aliphatic hydroxyl groups is 1. The van der Waals surface area contributed by atoms with Gasteiger partial charge in [-0.3, -0.25) is 9.59 Å². The fourth-order valence-electron chi connectivity index (χ4n) is 4.32. The minimum atomic E-state index is -0.762. The summed E-state index contributed by atoms with van der Waals surface area (Å²) in [7, 11) is 0. The summed E-state index contributed by atoms with van der Waals surface area (Å²) in [5, 5.41) is 10.9. The lowest BCUT2D eigenvalue weighted by atomic mass is 9.49. The van der Waals surface area contributed by atoms with Crippen LogP contribution in [0.5, 0.6) is 0 Å². The molecule has 0 heterocycles. The topological polar surface area (TPSA) is 72.8 Å². The number of hydrogen-bond donors (Lipinski definition) is 1. The Bertz CT molecular complexity index is 536. The molecule has 1 saturated carbocycles. The van der Waals surface area contributed by atoms with Crippen LogP contribution >= 0.6 is 0 Å². The number of esters is 2. The third-order valence-corrected chi connectivity index (χ3v) is 5.87. The molecular weight excluding hydrogens is 308 g/mol. The van der Waals surface area contributed by atoms with E-state index in [0.29, 0.717) is 19.4 Å². The molecule has 0 saturated heterocycles. The van der Waals surface area contributed by atoms with Crippen LogP contribution in [-0.2, 0) is 19.1 Å². The lowest BCUT2D eigenvalue weighted by Gasteiger charge is -2.58. The smallest absolute Gasteiger partial charge is 0.303 e. The molecule has 2 aliphatic rings. The second-order valence-corrected chi connectivity index (χ2v) is 8.03. The largest absolute Gasteiger partial charge is 0.465 e. The molecule has 24 heavy (non-hydrogen) atoms. The SMILES string of the molecule is CC(=O)OC[C@@]1(C)C[C@H]2[C@H]1C[C@H](OC(C)=O)/C(C)=C\CC[C@@]2(C)O. The van der Waals surface area contributed by atoms with Crippen molar-refractivity contribution in [3.8, 4) is 0 Å². The molecule has 0 aromatic rings. The van der Waals surface area contributed by atoms with Crippen molar-refractivity contribution in [1.82, 2.24) is 0 Å². The molecule has 2 rings (SSSR count). The van der Waals surface area contributed by atoms with Crippen LogP contribution in [0, 0.1) is 17.3 Å². The van der Waals surface area contributed by atoms with Crippen molar-refractivity contribution in [2.45, 2.75) is 72.0 Å². The molecule has 0 radical (unpaired) electrons. The average molecular weight is 338 g/mol. The number of carbonyl (C=O) groups is 2. The third-order valence-electron chi connectivity index (χ3n) is 5.87. The molecule has 0 bridgehead atoms. The van der Waals surface area contributed by atoms with Gasteiger partial charge in [-0.05, 0) is 56.9 Å². The zero-order chi connectivity index (χ0) is 18.1. The van der Waals surface area contributed by atoms with Crippen molar-refractivity contribution in [2.24, 2.45) is 17.3 Å². The first kappa shape index (κ1) is 19.0. The lowest BCUT2D eigenvalue weighted by molar-refractivity contribution is -0.184. The van der Waals surface area contributed by atoms with Crippen LogP contribution in [0.3, 0.4) is 0 Å². The number of rotatable bonds is 3. The van der Waals surface area contributed by atoms with E-state index in [4.69, 9.17) is 9.47 Å². The normalized spacial score (nSPS) is 41.4. The number of ether oxygens (including phenoxy) is 2. The maximum atomic E-state index is 11.5. The van der Waals surface area contributed by atoms with Gasteiger partial charge in [-0.2, -0.15) is 0 Å². The Balaban J connectivity index is 2.25. The van der Waals surface area contributed by atoms with E-state index in [1.165, 1.54) is 13.8 Å². The molecule has 5 nitrogen and oxygen atoms in total. The molecule has 0 aliphatic heterocycles. The summed E-state index contributed by atoms with van der Waals surface area (Å²) < 4.78 is 10.8. The predicted octanol–water partition coefficient (Wildman–Crippen LogP) is 3.00. The minimum Gasteiger partial charge on any atom is -0.465 e. The molecule has 0 aromatic heterocycles. The van der Waals surface area contributed by atoms with Gasteiger partial charge in [-0.1, -0.05) is 13.0 Å². The van der Waals surface area contributed by atoms with E-state index >= 15 is 0 Å². The highest BCUT2D eigenvalue weighted by atomic mass is 16.5. The summed E-state index contributed by atoms with van der Waals surface area (Å²) in [6.07, 6.45) is 4.70. The Morgan fingerprint density at radius 1 is 1.25 bits per heavy atom. The summed E-state index contributed by atoms with van der Waals surface area (Å²) in [5.41, 5.74) is 0.0782. The molecule has 0 amide bonds. The van der Waals surface area contributed by atoms with Gasteiger partial charge in [-0.25, -0.2) is 0 Å². The van der Waals surface area contributed by atoms with Gasteiger partial charge in [0.25, 0.3) is 0 Å². The molecule has 2 aliphatic carbocycles. The van der Waals surface area contributed by atoms with E-state index < -0.39 is 5.60 Å². The second kappa shape index (κ2) is 6.87. The van der Waals surface area contributed by atoms with Crippen molar-refractivity contribution >= 4 is 11.9 Å². The average Bonchev–Trinajstić information content (AvgIpc) is 2.48. The van der Waals surface area contributed by atoms with Crippen LogP contribution < -0.4 is 0 Å². The number of carbonyl (C=O) groups excluding carboxylic acids is 2. The Morgan fingerprint density at radius 2 is 1.92 bits per heavy atom. The van der Waals surface area contributed by atoms with Crippen molar-refractivity contribution in [2.75, 3.05) is 6.61 Å². The van der Waals surface area contributed by atoms with Crippen LogP contribution in [0.2, 0.25) is 0 Å². The molecule has 1 fully saturated rings. The maximum Gasteiger partial charge on any atom is 0.303 e. The van der Waals surface area contributed by atoms with E-state index in [0.717, 1.165) is 18.4 Å². The van der Waals surface area contributed by atoms with Crippen LogP contribution in [-0.4, -0.2) is 35.4 Å². The highest BCUT2D eigenvalue weighted by Gasteiger charge is 2.57. The summed E-state index contributed by atoms with van der Waals surface area (Å²) in [4.78, 5) is 22.7. The quantitative estimate of drug-likeness (QED) is 0.632. The first-order valence-electron chi connectivity index (χ1n) is 8.75. The Morgan fingerprint density at radius 3 is 2.50 bits per heavy atom.